The normalized spacial score (nSPS) is 17.1. The summed E-state index contributed by atoms with van der Waals surface area (Å²) in [6.07, 6.45) is 6.55. The van der Waals surface area contributed by atoms with Crippen LogP contribution in [0.25, 0.3) is 0 Å². The second-order valence-corrected chi connectivity index (χ2v) is 6.52. The Bertz CT molecular complexity index is 341. The monoisotopic (exact) mass is 289 g/mol. The van der Waals surface area contributed by atoms with E-state index in [1.54, 1.807) is 19.9 Å². The molecule has 0 aliphatic carbocycles. The van der Waals surface area contributed by atoms with Crippen molar-refractivity contribution in [1.82, 2.24) is 4.90 Å². The van der Waals surface area contributed by atoms with E-state index in [2.05, 4.69) is 0 Å². The van der Waals surface area contributed by atoms with Crippen LogP contribution in [0.15, 0.2) is 12.2 Å². The van der Waals surface area contributed by atoms with Gasteiger partial charge in [-0.05, 0) is 39.2 Å². The number of allylic oxidation sites excluding steroid dienone is 1. The summed E-state index contributed by atoms with van der Waals surface area (Å²) < 4.78 is 22.5. The van der Waals surface area contributed by atoms with Crippen LogP contribution in [0.1, 0.15) is 33.1 Å². The smallest absolute Gasteiger partial charge is 0.334 e. The van der Waals surface area contributed by atoms with Gasteiger partial charge in [0.15, 0.2) is 0 Å². The number of nitrogens with zero attached hydrogens (tertiary/aromatic N) is 1. The molecule has 0 radical (unpaired) electrons. The fraction of sp³-hybridized carbons (Fsp3) is 0.769. The van der Waals surface area contributed by atoms with Crippen molar-refractivity contribution < 1.29 is 18.4 Å². The lowest BCUT2D eigenvalue weighted by molar-refractivity contribution is -0.126. The molecule has 0 aromatic carbocycles. The third-order valence-corrected chi connectivity index (χ3v) is 4.87. The lowest BCUT2D eigenvalue weighted by atomic mass is 10.1. The molecule has 5 nitrogen and oxygen atoms in total. The minimum Gasteiger partial charge on any atom is -0.339 e. The number of hydrogen-bond acceptors (Lipinski definition) is 4. The fourth-order valence-electron chi connectivity index (χ4n) is 2.04. The van der Waals surface area contributed by atoms with Crippen molar-refractivity contribution in [3.63, 3.8) is 0 Å². The van der Waals surface area contributed by atoms with Gasteiger partial charge in [0, 0.05) is 13.1 Å². The Morgan fingerprint density at radius 1 is 1.16 bits per heavy atom. The van der Waals surface area contributed by atoms with Crippen molar-refractivity contribution in [2.75, 3.05) is 32.5 Å². The molecular weight excluding hydrogens is 265 g/mol. The third-order valence-electron chi connectivity index (χ3n) is 2.91. The first-order chi connectivity index (χ1) is 9.11. The third kappa shape index (κ3) is 5.89. The van der Waals surface area contributed by atoms with Crippen LogP contribution in [0.2, 0.25) is 0 Å². The van der Waals surface area contributed by atoms with Gasteiger partial charge in [-0.3, -0.25) is 9.36 Å². The maximum atomic E-state index is 12.2. The van der Waals surface area contributed by atoms with Gasteiger partial charge in [-0.2, -0.15) is 0 Å². The standard InChI is InChI=1S/C13H24NO4P/c1-3-17-19(16,18-4-2)12-8-9-13(15)14-10-6-5-7-11-14/h8-9H,3-7,10-12H2,1-2H3/b9-8+. The number of rotatable bonds is 7. The van der Waals surface area contributed by atoms with Gasteiger partial charge in [0.05, 0.1) is 19.4 Å². The van der Waals surface area contributed by atoms with E-state index in [9.17, 15) is 9.36 Å². The molecule has 6 heteroatoms. The van der Waals surface area contributed by atoms with E-state index in [1.165, 1.54) is 12.5 Å². The van der Waals surface area contributed by atoms with Crippen molar-refractivity contribution in [2.45, 2.75) is 33.1 Å². The van der Waals surface area contributed by atoms with Crippen LogP contribution in [0, 0.1) is 0 Å². The molecule has 110 valence electrons. The zero-order valence-corrected chi connectivity index (χ0v) is 12.7. The molecule has 1 aliphatic heterocycles. The van der Waals surface area contributed by atoms with Gasteiger partial charge in [-0.15, -0.1) is 0 Å². The lowest BCUT2D eigenvalue weighted by Gasteiger charge is -2.25. The second-order valence-electron chi connectivity index (χ2n) is 4.42. The number of hydrogen-bond donors (Lipinski definition) is 0. The summed E-state index contributed by atoms with van der Waals surface area (Å²) in [5.74, 6) is -0.0146. The van der Waals surface area contributed by atoms with Crippen molar-refractivity contribution in [3.8, 4) is 0 Å². The number of likely N-dealkylation sites (tertiary alicyclic amines) is 1. The first-order valence-corrected chi connectivity index (χ1v) is 8.67. The van der Waals surface area contributed by atoms with Crippen LogP contribution in [0.3, 0.4) is 0 Å². The highest BCUT2D eigenvalue weighted by molar-refractivity contribution is 7.54. The summed E-state index contributed by atoms with van der Waals surface area (Å²) in [6.45, 7) is 5.86. The quantitative estimate of drug-likeness (QED) is 0.534. The molecule has 1 aliphatic rings. The van der Waals surface area contributed by atoms with Gasteiger partial charge < -0.3 is 13.9 Å². The van der Waals surface area contributed by atoms with Gasteiger partial charge >= 0.3 is 7.60 Å². The van der Waals surface area contributed by atoms with Gasteiger partial charge in [0.25, 0.3) is 0 Å². The fourth-order valence-corrected chi connectivity index (χ4v) is 3.47. The predicted octanol–water partition coefficient (Wildman–Crippen LogP) is 2.82. The summed E-state index contributed by atoms with van der Waals surface area (Å²) in [7, 11) is -3.07. The molecule has 0 N–H and O–H groups in total. The van der Waals surface area contributed by atoms with E-state index in [4.69, 9.17) is 9.05 Å². The first kappa shape index (κ1) is 16.4. The van der Waals surface area contributed by atoms with Crippen molar-refractivity contribution in [3.05, 3.63) is 12.2 Å². The Kier molecular flexibility index (Phi) is 7.36. The van der Waals surface area contributed by atoms with Gasteiger partial charge in [0.2, 0.25) is 5.91 Å². The molecule has 1 rings (SSSR count). The molecule has 1 fully saturated rings. The van der Waals surface area contributed by atoms with E-state index in [0.717, 1.165) is 25.9 Å². The molecule has 1 saturated heterocycles. The van der Waals surface area contributed by atoms with Crippen LogP contribution < -0.4 is 0 Å². The lowest BCUT2D eigenvalue weighted by Crippen LogP contribution is -2.34. The van der Waals surface area contributed by atoms with Crippen molar-refractivity contribution in [1.29, 1.82) is 0 Å². The van der Waals surface area contributed by atoms with E-state index >= 15 is 0 Å². The van der Waals surface area contributed by atoms with Gasteiger partial charge in [0.1, 0.15) is 0 Å². The molecule has 1 heterocycles. The summed E-state index contributed by atoms with van der Waals surface area (Å²) in [6, 6.07) is 0. The minimum absolute atomic E-state index is 0.0146. The summed E-state index contributed by atoms with van der Waals surface area (Å²) in [5, 5.41) is 0. The van der Waals surface area contributed by atoms with E-state index in [0.29, 0.717) is 13.2 Å². The molecular formula is C13H24NO4P. The first-order valence-electron chi connectivity index (χ1n) is 6.95. The van der Waals surface area contributed by atoms with Crippen LogP contribution in [-0.2, 0) is 18.4 Å². The number of carbonyl (C=O) groups excluding carboxylic acids is 1. The molecule has 0 aromatic heterocycles. The predicted molar refractivity (Wildman–Crippen MR) is 75.3 cm³/mol. The van der Waals surface area contributed by atoms with Crippen molar-refractivity contribution in [2.24, 2.45) is 0 Å². The van der Waals surface area contributed by atoms with Gasteiger partial charge in [-0.1, -0.05) is 6.08 Å². The molecule has 0 bridgehead atoms. The molecule has 1 amide bonds. The van der Waals surface area contributed by atoms with E-state index < -0.39 is 7.60 Å². The van der Waals surface area contributed by atoms with Crippen LogP contribution in [0.5, 0.6) is 0 Å². The minimum atomic E-state index is -3.07. The van der Waals surface area contributed by atoms with E-state index in [1.807, 2.05) is 4.90 Å². The topological polar surface area (TPSA) is 55.8 Å². The summed E-state index contributed by atoms with van der Waals surface area (Å²) in [5.41, 5.74) is 0. The largest absolute Gasteiger partial charge is 0.339 e. The summed E-state index contributed by atoms with van der Waals surface area (Å²) >= 11 is 0. The highest BCUT2D eigenvalue weighted by Crippen LogP contribution is 2.47. The number of piperidine rings is 1. The number of carbonyl (C=O) groups is 1. The Balaban J connectivity index is 2.46. The van der Waals surface area contributed by atoms with Gasteiger partial charge in [-0.25, -0.2) is 0 Å². The van der Waals surface area contributed by atoms with Crippen LogP contribution in [0.4, 0.5) is 0 Å². The average molecular weight is 289 g/mol. The van der Waals surface area contributed by atoms with Crippen LogP contribution in [-0.4, -0.2) is 43.3 Å². The molecule has 0 unspecified atom stereocenters. The highest BCUT2D eigenvalue weighted by Gasteiger charge is 2.21. The zero-order valence-electron chi connectivity index (χ0n) is 11.8. The zero-order chi connectivity index (χ0) is 14.1. The average Bonchev–Trinajstić information content (AvgIpc) is 2.40. The molecule has 19 heavy (non-hydrogen) atoms. The second kappa shape index (κ2) is 8.51. The maximum Gasteiger partial charge on any atom is 0.334 e. The van der Waals surface area contributed by atoms with Crippen LogP contribution >= 0.6 is 7.60 Å². The Labute approximate surface area is 115 Å². The van der Waals surface area contributed by atoms with E-state index in [-0.39, 0.29) is 12.1 Å². The summed E-state index contributed by atoms with van der Waals surface area (Å²) in [4.78, 5) is 13.7. The molecule has 0 aromatic rings. The molecule has 0 saturated carbocycles. The SMILES string of the molecule is CCOP(=O)(C/C=C/C(=O)N1CCCCC1)OCC. The molecule has 0 spiro atoms. The maximum absolute atomic E-state index is 12.2. The Morgan fingerprint density at radius 2 is 1.74 bits per heavy atom. The van der Waals surface area contributed by atoms with Crippen molar-refractivity contribution >= 4 is 13.5 Å². The highest BCUT2D eigenvalue weighted by atomic mass is 31.2. The Morgan fingerprint density at radius 3 is 2.26 bits per heavy atom. The molecule has 0 atom stereocenters. The Hall–Kier alpha value is -0.640. The number of amides is 1.